The zero-order valence-electron chi connectivity index (χ0n) is 18.6. The van der Waals surface area contributed by atoms with E-state index in [9.17, 15) is 13.2 Å². The molecule has 3 unspecified atom stereocenters. The second-order valence-electron chi connectivity index (χ2n) is 11.1. The average molecular weight is 450 g/mol. The van der Waals surface area contributed by atoms with Crippen LogP contribution < -0.4 is 5.32 Å². The molecule has 0 spiro atoms. The Morgan fingerprint density at radius 1 is 0.969 bits per heavy atom. The monoisotopic (exact) mass is 449 g/mol. The lowest BCUT2D eigenvalue weighted by molar-refractivity contribution is -0.150. The van der Waals surface area contributed by atoms with Gasteiger partial charge < -0.3 is 5.32 Å². The van der Waals surface area contributed by atoms with Gasteiger partial charge in [-0.25, -0.2) is 8.42 Å². The van der Waals surface area contributed by atoms with Gasteiger partial charge >= 0.3 is 0 Å². The third-order valence-corrected chi connectivity index (χ3v) is 10.6. The summed E-state index contributed by atoms with van der Waals surface area (Å²) in [4.78, 5) is 14.3. The molecule has 0 radical (unpaired) electrons. The fraction of sp³-hybridized carbons (Fsp3) is 0.519. The van der Waals surface area contributed by atoms with Gasteiger partial charge in [0.25, 0.3) is 0 Å². The summed E-state index contributed by atoms with van der Waals surface area (Å²) in [5, 5.41) is 3.34. The van der Waals surface area contributed by atoms with Crippen molar-refractivity contribution in [2.24, 2.45) is 17.3 Å². The molecule has 5 heteroatoms. The van der Waals surface area contributed by atoms with E-state index >= 15 is 0 Å². The molecule has 1 amide bonds. The summed E-state index contributed by atoms with van der Waals surface area (Å²) in [6.07, 6.45) is 7.00. The molecule has 32 heavy (non-hydrogen) atoms. The molecule has 5 aliphatic rings. The SMILES string of the molecule is Cc1ccc(C23CC4CC(CC(C(=O)NC5CCS(=O)(=O)c6ccccc65)(C4)C2)C3)cc1. The lowest BCUT2D eigenvalue weighted by Crippen LogP contribution is -2.59. The minimum atomic E-state index is -3.26. The standard InChI is InChI=1S/C27H31NO3S/c1-18-6-8-21(9-7-18)26-13-19-12-20(14-26)16-27(15-19,17-26)25(29)28-23-10-11-32(30,31)24-5-3-2-4-22(23)24/h2-9,19-20,23H,10-17H2,1H3,(H,28,29). The van der Waals surface area contributed by atoms with Gasteiger partial charge in [-0.3, -0.25) is 4.79 Å². The van der Waals surface area contributed by atoms with Crippen LogP contribution in [-0.4, -0.2) is 20.1 Å². The average Bonchev–Trinajstić information content (AvgIpc) is 2.75. The van der Waals surface area contributed by atoms with Crippen LogP contribution in [0.4, 0.5) is 0 Å². The van der Waals surface area contributed by atoms with Crippen molar-refractivity contribution in [1.29, 1.82) is 0 Å². The van der Waals surface area contributed by atoms with E-state index in [4.69, 9.17) is 0 Å². The number of benzene rings is 2. The van der Waals surface area contributed by atoms with Crippen LogP contribution in [0.3, 0.4) is 0 Å². The van der Waals surface area contributed by atoms with Crippen LogP contribution in [0, 0.1) is 24.2 Å². The number of carbonyl (C=O) groups is 1. The Morgan fingerprint density at radius 2 is 1.66 bits per heavy atom. The number of carbonyl (C=O) groups excluding carboxylic acids is 1. The second kappa shape index (κ2) is 6.93. The van der Waals surface area contributed by atoms with E-state index in [-0.39, 0.29) is 28.5 Å². The molecule has 1 heterocycles. The van der Waals surface area contributed by atoms with E-state index < -0.39 is 9.84 Å². The van der Waals surface area contributed by atoms with Crippen LogP contribution in [0.5, 0.6) is 0 Å². The second-order valence-corrected chi connectivity index (χ2v) is 13.1. The number of aryl methyl sites for hydroxylation is 1. The van der Waals surface area contributed by atoms with E-state index in [2.05, 4.69) is 36.5 Å². The summed E-state index contributed by atoms with van der Waals surface area (Å²) < 4.78 is 25.1. The summed E-state index contributed by atoms with van der Waals surface area (Å²) in [6.45, 7) is 2.13. The molecule has 2 aromatic carbocycles. The Kier molecular flexibility index (Phi) is 4.43. The molecule has 4 nitrogen and oxygen atoms in total. The van der Waals surface area contributed by atoms with Crippen molar-refractivity contribution in [3.05, 3.63) is 65.2 Å². The molecule has 1 N–H and O–H groups in total. The van der Waals surface area contributed by atoms with Crippen molar-refractivity contribution < 1.29 is 13.2 Å². The van der Waals surface area contributed by atoms with Gasteiger partial charge in [-0.2, -0.15) is 0 Å². The maximum Gasteiger partial charge on any atom is 0.226 e. The van der Waals surface area contributed by atoms with Crippen LogP contribution in [0.1, 0.15) is 67.7 Å². The number of rotatable bonds is 3. The molecule has 0 aromatic heterocycles. The summed E-state index contributed by atoms with van der Waals surface area (Å²) in [5.74, 6) is 1.48. The first-order valence-electron chi connectivity index (χ1n) is 12.0. The van der Waals surface area contributed by atoms with Crippen molar-refractivity contribution in [1.82, 2.24) is 5.32 Å². The highest BCUT2D eigenvalue weighted by molar-refractivity contribution is 7.91. The maximum atomic E-state index is 13.9. The molecular weight excluding hydrogens is 418 g/mol. The Hall–Kier alpha value is -2.14. The first-order valence-corrected chi connectivity index (χ1v) is 13.6. The smallest absolute Gasteiger partial charge is 0.226 e. The van der Waals surface area contributed by atoms with E-state index in [0.717, 1.165) is 24.8 Å². The van der Waals surface area contributed by atoms with Crippen LogP contribution in [0.2, 0.25) is 0 Å². The van der Waals surface area contributed by atoms with Crippen LogP contribution in [-0.2, 0) is 20.0 Å². The van der Waals surface area contributed by atoms with Crippen LogP contribution in [0.25, 0.3) is 0 Å². The van der Waals surface area contributed by atoms with Crippen molar-refractivity contribution in [2.75, 3.05) is 5.75 Å². The quantitative estimate of drug-likeness (QED) is 0.727. The highest BCUT2D eigenvalue weighted by atomic mass is 32.2. The topological polar surface area (TPSA) is 63.2 Å². The molecule has 168 valence electrons. The van der Waals surface area contributed by atoms with Gasteiger partial charge in [-0.05, 0) is 86.3 Å². The van der Waals surface area contributed by atoms with Gasteiger partial charge in [0, 0.05) is 0 Å². The molecule has 0 saturated heterocycles. The van der Waals surface area contributed by atoms with Gasteiger partial charge in [0.15, 0.2) is 9.84 Å². The van der Waals surface area contributed by atoms with Gasteiger partial charge in [-0.1, -0.05) is 48.0 Å². The minimum Gasteiger partial charge on any atom is -0.349 e. The summed E-state index contributed by atoms with van der Waals surface area (Å²) >= 11 is 0. The van der Waals surface area contributed by atoms with Crippen molar-refractivity contribution in [3.8, 4) is 0 Å². The normalized spacial score (nSPS) is 36.5. The summed E-state index contributed by atoms with van der Waals surface area (Å²) in [7, 11) is -3.26. The number of hydrogen-bond donors (Lipinski definition) is 1. The van der Waals surface area contributed by atoms with Crippen LogP contribution in [0.15, 0.2) is 53.4 Å². The zero-order valence-corrected chi connectivity index (χ0v) is 19.5. The minimum absolute atomic E-state index is 0.0977. The summed E-state index contributed by atoms with van der Waals surface area (Å²) in [5.41, 5.74) is 3.23. The molecule has 7 rings (SSSR count). The van der Waals surface area contributed by atoms with Gasteiger partial charge in [0.1, 0.15) is 0 Å². The first kappa shape index (κ1) is 20.5. The zero-order chi connectivity index (χ0) is 22.1. The third kappa shape index (κ3) is 3.07. The number of amides is 1. The number of nitrogens with one attached hydrogen (secondary N) is 1. The molecule has 3 atom stereocenters. The van der Waals surface area contributed by atoms with Crippen molar-refractivity contribution in [2.45, 2.75) is 68.2 Å². The van der Waals surface area contributed by atoms with E-state index in [1.807, 2.05) is 12.1 Å². The molecule has 1 aliphatic heterocycles. The van der Waals surface area contributed by atoms with Gasteiger partial charge in [0.05, 0.1) is 22.1 Å². The fourth-order valence-corrected chi connectivity index (χ4v) is 9.45. The van der Waals surface area contributed by atoms with E-state index in [1.54, 1.807) is 12.1 Å². The Morgan fingerprint density at radius 3 is 2.38 bits per heavy atom. The number of sulfone groups is 1. The van der Waals surface area contributed by atoms with Crippen molar-refractivity contribution >= 4 is 15.7 Å². The predicted octanol–water partition coefficient (Wildman–Crippen LogP) is 4.87. The number of fused-ring (bicyclic) bond motifs is 1. The molecule has 4 fully saturated rings. The molecule has 4 aliphatic carbocycles. The molecular formula is C27H31NO3S. The lowest BCUT2D eigenvalue weighted by atomic mass is 9.42. The highest BCUT2D eigenvalue weighted by Crippen LogP contribution is 2.66. The predicted molar refractivity (Wildman–Crippen MR) is 124 cm³/mol. The van der Waals surface area contributed by atoms with Gasteiger partial charge in [0.2, 0.25) is 5.91 Å². The Balaban J connectivity index is 1.32. The van der Waals surface area contributed by atoms with Crippen molar-refractivity contribution in [3.63, 3.8) is 0 Å². The molecule has 2 aromatic rings. The van der Waals surface area contributed by atoms with E-state index in [1.165, 1.54) is 30.4 Å². The maximum absolute atomic E-state index is 13.9. The summed E-state index contributed by atoms with van der Waals surface area (Å²) in [6, 6.07) is 16.0. The lowest BCUT2D eigenvalue weighted by Gasteiger charge is -2.61. The van der Waals surface area contributed by atoms with Crippen LogP contribution >= 0.6 is 0 Å². The third-order valence-electron chi connectivity index (χ3n) is 8.82. The molecule has 4 bridgehead atoms. The number of hydrogen-bond acceptors (Lipinski definition) is 3. The fourth-order valence-electron chi connectivity index (χ4n) is 7.82. The largest absolute Gasteiger partial charge is 0.349 e. The van der Waals surface area contributed by atoms with Gasteiger partial charge in [-0.15, -0.1) is 0 Å². The van der Waals surface area contributed by atoms with E-state index in [0.29, 0.717) is 23.2 Å². The Bertz CT molecular complexity index is 1170. The molecule has 4 saturated carbocycles. The first-order chi connectivity index (χ1) is 15.3. The highest BCUT2D eigenvalue weighted by Gasteiger charge is 2.61. The Labute approximate surface area is 190 Å².